The molecule has 0 aliphatic heterocycles. The van der Waals surface area contributed by atoms with Gasteiger partial charge in [-0.1, -0.05) is 0 Å². The van der Waals surface area contributed by atoms with Gasteiger partial charge in [-0.2, -0.15) is 0 Å². The quantitative estimate of drug-likeness (QED) is 0.519. The predicted molar refractivity (Wildman–Crippen MR) is 126 cm³/mol. The number of nitrogens with zero attached hydrogens (tertiary/aromatic N) is 2. The van der Waals surface area contributed by atoms with E-state index >= 15 is 0 Å². The number of hydrogen-bond donors (Lipinski definition) is 2. The number of amides is 1. The normalized spacial score (nSPS) is 16.9. The lowest BCUT2D eigenvalue weighted by Gasteiger charge is -2.32. The van der Waals surface area contributed by atoms with Gasteiger partial charge >= 0.3 is 0 Å². The Morgan fingerprint density at radius 1 is 1.21 bits per heavy atom. The largest absolute Gasteiger partial charge is 0.508 e. The third-order valence-corrected chi connectivity index (χ3v) is 7.23. The first-order valence-electron chi connectivity index (χ1n) is 11.5. The molecule has 5 nitrogen and oxygen atoms in total. The first kappa shape index (κ1) is 26.0. The van der Waals surface area contributed by atoms with Crippen molar-refractivity contribution in [3.8, 4) is 5.75 Å². The highest BCUT2D eigenvalue weighted by molar-refractivity contribution is 5.77. The number of aryl methyl sites for hydroxylation is 2. The number of rotatable bonds is 10. The fourth-order valence-electron chi connectivity index (χ4n) is 4.93. The van der Waals surface area contributed by atoms with Crippen LogP contribution < -0.4 is 5.32 Å². The highest BCUT2D eigenvalue weighted by atomic mass is 19.3. The third kappa shape index (κ3) is 5.71. The zero-order valence-electron chi connectivity index (χ0n) is 20.5. The van der Waals surface area contributed by atoms with E-state index in [1.807, 2.05) is 32.8 Å². The van der Waals surface area contributed by atoms with Crippen LogP contribution in [0.5, 0.6) is 5.75 Å². The molecule has 0 bridgehead atoms. The summed E-state index contributed by atoms with van der Waals surface area (Å²) in [4.78, 5) is 18.8. The van der Waals surface area contributed by atoms with Crippen molar-refractivity contribution in [2.45, 2.75) is 64.3 Å². The Labute approximate surface area is 199 Å². The van der Waals surface area contributed by atoms with Gasteiger partial charge in [0.25, 0.3) is 5.92 Å². The number of benzene rings is 1. The molecule has 2 aromatic rings. The average molecular weight is 478 g/mol. The summed E-state index contributed by atoms with van der Waals surface area (Å²) in [5, 5.41) is 12.7. The fourth-order valence-corrected chi connectivity index (χ4v) is 4.93. The van der Waals surface area contributed by atoms with E-state index in [0.717, 1.165) is 29.8 Å². The lowest BCUT2D eigenvalue weighted by molar-refractivity contribution is -0.123. The number of pyridine rings is 1. The lowest BCUT2D eigenvalue weighted by atomic mass is 9.77. The number of aromatic nitrogens is 1. The van der Waals surface area contributed by atoms with Crippen molar-refractivity contribution in [3.05, 3.63) is 58.7 Å². The van der Waals surface area contributed by atoms with E-state index in [2.05, 4.69) is 10.3 Å². The minimum absolute atomic E-state index is 0.0392. The summed E-state index contributed by atoms with van der Waals surface area (Å²) >= 11 is 0. The minimum Gasteiger partial charge on any atom is -0.508 e. The van der Waals surface area contributed by atoms with Crippen LogP contribution >= 0.6 is 0 Å². The van der Waals surface area contributed by atoms with Crippen molar-refractivity contribution in [1.29, 1.82) is 0 Å². The van der Waals surface area contributed by atoms with Gasteiger partial charge in [0.15, 0.2) is 0 Å². The maximum atomic E-state index is 14.5. The molecule has 0 spiro atoms. The highest BCUT2D eigenvalue weighted by Crippen LogP contribution is 2.65. The predicted octanol–water partition coefficient (Wildman–Crippen LogP) is 4.74. The Kier molecular flexibility index (Phi) is 7.60. The molecule has 186 valence electrons. The molecular formula is C26H34F3N3O2. The van der Waals surface area contributed by atoms with Crippen LogP contribution in [0.25, 0.3) is 0 Å². The lowest BCUT2D eigenvalue weighted by Crippen LogP contribution is -2.43. The van der Waals surface area contributed by atoms with Gasteiger partial charge in [0.05, 0.1) is 6.20 Å². The monoisotopic (exact) mass is 477 g/mol. The first-order valence-corrected chi connectivity index (χ1v) is 11.5. The maximum Gasteiger partial charge on any atom is 0.251 e. The van der Waals surface area contributed by atoms with E-state index in [1.54, 1.807) is 12.1 Å². The minimum atomic E-state index is -3.00. The molecule has 1 aromatic heterocycles. The molecule has 1 amide bonds. The number of likely N-dealkylation sites (N-methyl/N-ethyl adjacent to an activating group) is 1. The molecule has 2 atom stereocenters. The SMILES string of the molecule is Cc1cc(O)cc(C)c1C[C@@H](CNC(=O)CC(c1cncc(F)c1)C1(C(C)(F)F)CC1)N(C)C. The Bertz CT molecular complexity index is 1010. The molecule has 1 aliphatic rings. The number of aromatic hydroxyl groups is 1. The summed E-state index contributed by atoms with van der Waals surface area (Å²) in [7, 11) is 3.83. The number of nitrogens with one attached hydrogen (secondary N) is 1. The number of phenols is 1. The number of carbonyl (C=O) groups is 1. The van der Waals surface area contributed by atoms with Crippen molar-refractivity contribution < 1.29 is 23.1 Å². The molecule has 1 unspecified atom stereocenters. The number of alkyl halides is 2. The van der Waals surface area contributed by atoms with Gasteiger partial charge in [0, 0.05) is 36.5 Å². The average Bonchev–Trinajstić information content (AvgIpc) is 3.52. The smallest absolute Gasteiger partial charge is 0.251 e. The van der Waals surface area contributed by atoms with Crippen LogP contribution in [0.2, 0.25) is 0 Å². The van der Waals surface area contributed by atoms with Crippen LogP contribution in [0.15, 0.2) is 30.6 Å². The summed E-state index contributed by atoms with van der Waals surface area (Å²) in [5.74, 6) is -4.56. The molecule has 1 aromatic carbocycles. The van der Waals surface area contributed by atoms with Gasteiger partial charge < -0.3 is 15.3 Å². The standard InChI is InChI=1S/C26H34F3N3O2/c1-16-8-21(33)9-17(2)22(16)11-20(32(4)5)15-31-24(34)12-23(18-10-19(27)14-30-13-18)26(6-7-26)25(3,28)29/h8-10,13-14,20,23,33H,6-7,11-12,15H2,1-5H3,(H,31,34)/t20-,23?/m0/s1. The second-order valence-corrected chi connectivity index (χ2v) is 9.92. The van der Waals surface area contributed by atoms with Crippen molar-refractivity contribution in [2.24, 2.45) is 5.41 Å². The maximum absolute atomic E-state index is 14.5. The summed E-state index contributed by atoms with van der Waals surface area (Å²) < 4.78 is 42.9. The van der Waals surface area contributed by atoms with Crippen LogP contribution in [-0.2, 0) is 11.2 Å². The molecule has 1 aliphatic carbocycles. The van der Waals surface area contributed by atoms with E-state index < -0.39 is 23.1 Å². The van der Waals surface area contributed by atoms with Crippen molar-refractivity contribution >= 4 is 5.91 Å². The Balaban J connectivity index is 1.74. The second kappa shape index (κ2) is 9.94. The first-order chi connectivity index (χ1) is 15.8. The van der Waals surface area contributed by atoms with Gasteiger partial charge in [-0.25, -0.2) is 13.2 Å². The van der Waals surface area contributed by atoms with Crippen molar-refractivity contribution in [1.82, 2.24) is 15.2 Å². The van der Waals surface area contributed by atoms with Gasteiger partial charge in [0.2, 0.25) is 5.91 Å². The molecule has 8 heteroatoms. The van der Waals surface area contributed by atoms with Crippen molar-refractivity contribution in [2.75, 3.05) is 20.6 Å². The summed E-state index contributed by atoms with van der Waals surface area (Å²) in [6.45, 7) is 5.08. The second-order valence-electron chi connectivity index (χ2n) is 9.92. The van der Waals surface area contributed by atoms with E-state index in [9.17, 15) is 23.1 Å². The molecule has 1 heterocycles. The van der Waals surface area contributed by atoms with Gasteiger partial charge in [-0.15, -0.1) is 0 Å². The molecule has 0 radical (unpaired) electrons. The zero-order valence-corrected chi connectivity index (χ0v) is 20.5. The summed E-state index contributed by atoms with van der Waals surface area (Å²) in [5.41, 5.74) is 2.00. The van der Waals surface area contributed by atoms with E-state index in [-0.39, 0.29) is 37.0 Å². The van der Waals surface area contributed by atoms with E-state index in [1.165, 1.54) is 12.3 Å². The van der Waals surface area contributed by atoms with E-state index in [0.29, 0.717) is 18.5 Å². The molecule has 3 rings (SSSR count). The number of hydrogen-bond acceptors (Lipinski definition) is 4. The fraction of sp³-hybridized carbons (Fsp3) is 0.538. The number of halogens is 3. The number of carbonyl (C=O) groups excluding carboxylic acids is 1. The topological polar surface area (TPSA) is 65.5 Å². The summed E-state index contributed by atoms with van der Waals surface area (Å²) in [6.07, 6.45) is 3.46. The Morgan fingerprint density at radius 2 is 1.82 bits per heavy atom. The van der Waals surface area contributed by atoms with Crippen LogP contribution in [-0.4, -0.2) is 53.5 Å². The van der Waals surface area contributed by atoms with E-state index in [4.69, 9.17) is 0 Å². The molecule has 34 heavy (non-hydrogen) atoms. The molecule has 2 N–H and O–H groups in total. The van der Waals surface area contributed by atoms with Gasteiger partial charge in [0.1, 0.15) is 11.6 Å². The Morgan fingerprint density at radius 3 is 2.32 bits per heavy atom. The Hall–Kier alpha value is -2.61. The molecular weight excluding hydrogens is 443 g/mol. The van der Waals surface area contributed by atoms with Crippen LogP contribution in [0.4, 0.5) is 13.2 Å². The van der Waals surface area contributed by atoms with Crippen LogP contribution in [0, 0.1) is 25.1 Å². The van der Waals surface area contributed by atoms with Crippen LogP contribution in [0.1, 0.15) is 54.4 Å². The summed E-state index contributed by atoms with van der Waals surface area (Å²) in [6, 6.07) is 4.59. The van der Waals surface area contributed by atoms with Gasteiger partial charge in [-0.05, 0) is 94.6 Å². The van der Waals surface area contributed by atoms with Crippen molar-refractivity contribution in [3.63, 3.8) is 0 Å². The third-order valence-electron chi connectivity index (χ3n) is 7.23. The molecule has 1 fully saturated rings. The number of phenolic OH excluding ortho intramolecular Hbond substituents is 1. The highest BCUT2D eigenvalue weighted by Gasteiger charge is 2.63. The molecule has 0 saturated heterocycles. The van der Waals surface area contributed by atoms with Crippen LogP contribution in [0.3, 0.4) is 0 Å². The zero-order chi connectivity index (χ0) is 25.3. The molecule has 1 saturated carbocycles. The van der Waals surface area contributed by atoms with Gasteiger partial charge in [-0.3, -0.25) is 9.78 Å².